The van der Waals surface area contributed by atoms with Crippen molar-refractivity contribution in [2.24, 2.45) is 10.4 Å². The number of nitrogens with zero attached hydrogens (tertiary/aromatic N) is 2. The molecule has 0 atom stereocenters. The van der Waals surface area contributed by atoms with E-state index in [2.05, 4.69) is 15.0 Å². The highest BCUT2D eigenvalue weighted by atomic mass is 16.3. The molecule has 1 aliphatic carbocycles. The third kappa shape index (κ3) is 4.69. The summed E-state index contributed by atoms with van der Waals surface area (Å²) in [5.41, 5.74) is 2.12. The Morgan fingerprint density at radius 3 is 2.52 bits per heavy atom. The predicted octanol–water partition coefficient (Wildman–Crippen LogP) is 5.00. The van der Waals surface area contributed by atoms with Crippen LogP contribution in [0.25, 0.3) is 23.1 Å². The van der Waals surface area contributed by atoms with Crippen LogP contribution in [-0.2, 0) is 4.79 Å². The maximum atomic E-state index is 12.3. The van der Waals surface area contributed by atoms with Crippen LogP contribution >= 0.6 is 0 Å². The van der Waals surface area contributed by atoms with E-state index in [1.54, 1.807) is 18.2 Å². The molecule has 0 bridgehead atoms. The molecule has 1 aliphatic rings. The van der Waals surface area contributed by atoms with Gasteiger partial charge in [0, 0.05) is 19.1 Å². The normalized spacial score (nSPS) is 16.6. The zero-order valence-corrected chi connectivity index (χ0v) is 17.4. The van der Waals surface area contributed by atoms with Crippen LogP contribution in [0.2, 0.25) is 0 Å². The van der Waals surface area contributed by atoms with Crippen molar-refractivity contribution in [1.82, 2.24) is 9.97 Å². The van der Waals surface area contributed by atoms with Crippen LogP contribution < -0.4 is 5.56 Å². The molecule has 1 heterocycles. The fraction of sp³-hybridized carbons (Fsp3) is 0.200. The molecule has 6 heteroatoms. The van der Waals surface area contributed by atoms with E-state index in [1.165, 1.54) is 6.21 Å². The van der Waals surface area contributed by atoms with Gasteiger partial charge in [-0.2, -0.15) is 0 Å². The molecule has 2 N–H and O–H groups in total. The number of para-hydroxylation sites is 1. The van der Waals surface area contributed by atoms with Crippen LogP contribution in [0.4, 0.5) is 5.69 Å². The molecule has 0 saturated carbocycles. The summed E-state index contributed by atoms with van der Waals surface area (Å²) in [6.45, 7) is 3.93. The number of aliphatic hydroxyl groups excluding tert-OH is 1. The van der Waals surface area contributed by atoms with Gasteiger partial charge in [0.15, 0.2) is 5.78 Å². The molecule has 3 aromatic rings. The summed E-state index contributed by atoms with van der Waals surface area (Å²) in [5, 5.41) is 10.7. The number of Topliss-reactive ketones (excluding diaryl/α,β-unsaturated/α-hetero) is 1. The third-order valence-electron chi connectivity index (χ3n) is 5.20. The number of hydrogen-bond acceptors (Lipinski definition) is 5. The number of aromatic amines is 1. The van der Waals surface area contributed by atoms with E-state index in [9.17, 15) is 14.7 Å². The van der Waals surface area contributed by atoms with Crippen LogP contribution in [0.5, 0.6) is 0 Å². The van der Waals surface area contributed by atoms with Gasteiger partial charge in [0.1, 0.15) is 11.6 Å². The number of allylic oxidation sites excluding steroid dienone is 2. The summed E-state index contributed by atoms with van der Waals surface area (Å²) in [7, 11) is 0. The minimum Gasteiger partial charge on any atom is -0.511 e. The van der Waals surface area contributed by atoms with Gasteiger partial charge < -0.3 is 10.1 Å². The molecule has 0 aliphatic heterocycles. The molecule has 0 amide bonds. The molecule has 31 heavy (non-hydrogen) atoms. The summed E-state index contributed by atoms with van der Waals surface area (Å²) < 4.78 is 0. The van der Waals surface area contributed by atoms with Gasteiger partial charge in [-0.25, -0.2) is 4.98 Å². The van der Waals surface area contributed by atoms with Crippen molar-refractivity contribution >= 4 is 40.7 Å². The topological polar surface area (TPSA) is 95.4 Å². The molecule has 156 valence electrons. The molecule has 4 rings (SSSR count). The number of aromatic nitrogens is 2. The Hall–Kier alpha value is -3.80. The zero-order chi connectivity index (χ0) is 22.0. The van der Waals surface area contributed by atoms with Gasteiger partial charge in [-0.15, -0.1) is 0 Å². The van der Waals surface area contributed by atoms with Crippen molar-refractivity contribution < 1.29 is 9.90 Å². The van der Waals surface area contributed by atoms with E-state index in [0.717, 1.165) is 5.56 Å². The number of carbonyl (C=O) groups excluding carboxylic acids is 1. The molecule has 0 saturated heterocycles. The summed E-state index contributed by atoms with van der Waals surface area (Å²) >= 11 is 0. The summed E-state index contributed by atoms with van der Waals surface area (Å²) in [4.78, 5) is 36.0. The maximum Gasteiger partial charge on any atom is 0.259 e. The van der Waals surface area contributed by atoms with Gasteiger partial charge in [-0.1, -0.05) is 44.2 Å². The van der Waals surface area contributed by atoms with E-state index in [0.29, 0.717) is 35.3 Å². The zero-order valence-electron chi connectivity index (χ0n) is 17.4. The second-order valence-electron chi connectivity index (χ2n) is 8.45. The number of hydrogen-bond donors (Lipinski definition) is 2. The fourth-order valence-electron chi connectivity index (χ4n) is 3.62. The van der Waals surface area contributed by atoms with Crippen LogP contribution in [-0.4, -0.2) is 27.1 Å². The van der Waals surface area contributed by atoms with Crippen molar-refractivity contribution in [2.75, 3.05) is 0 Å². The molecular formula is C25H23N3O3. The molecule has 0 radical (unpaired) electrons. The first-order chi connectivity index (χ1) is 14.8. The van der Waals surface area contributed by atoms with Crippen molar-refractivity contribution in [3.63, 3.8) is 0 Å². The highest BCUT2D eigenvalue weighted by Gasteiger charge is 2.32. The lowest BCUT2D eigenvalue weighted by molar-refractivity contribution is -0.117. The molecule has 2 aromatic carbocycles. The largest absolute Gasteiger partial charge is 0.511 e. The molecular weight excluding hydrogens is 390 g/mol. The number of nitrogens with one attached hydrogen (secondary N) is 1. The van der Waals surface area contributed by atoms with E-state index in [1.807, 2.05) is 56.3 Å². The maximum absolute atomic E-state index is 12.3. The second kappa shape index (κ2) is 8.14. The minimum atomic E-state index is -0.226. The molecule has 6 nitrogen and oxygen atoms in total. The number of fused-ring (bicyclic) bond motifs is 1. The van der Waals surface area contributed by atoms with Crippen LogP contribution in [0.3, 0.4) is 0 Å². The second-order valence-corrected chi connectivity index (χ2v) is 8.45. The summed E-state index contributed by atoms with van der Waals surface area (Å²) in [5.74, 6) is 0.488. The Balaban J connectivity index is 1.49. The highest BCUT2D eigenvalue weighted by molar-refractivity contribution is 6.14. The molecule has 1 aromatic heterocycles. The van der Waals surface area contributed by atoms with Gasteiger partial charge in [-0.05, 0) is 41.3 Å². The van der Waals surface area contributed by atoms with Crippen molar-refractivity contribution in [3.8, 4) is 0 Å². The Morgan fingerprint density at radius 1 is 1.03 bits per heavy atom. The first-order valence-corrected chi connectivity index (χ1v) is 10.1. The van der Waals surface area contributed by atoms with Crippen LogP contribution in [0.1, 0.15) is 38.1 Å². The van der Waals surface area contributed by atoms with E-state index in [-0.39, 0.29) is 28.1 Å². The Labute approximate surface area is 179 Å². The van der Waals surface area contributed by atoms with Gasteiger partial charge in [0.05, 0.1) is 22.2 Å². The van der Waals surface area contributed by atoms with Gasteiger partial charge >= 0.3 is 0 Å². The van der Waals surface area contributed by atoms with E-state index in [4.69, 9.17) is 0 Å². The average molecular weight is 413 g/mol. The Bertz CT molecular complexity index is 1300. The number of rotatable bonds is 4. The first-order valence-electron chi connectivity index (χ1n) is 10.1. The molecule has 0 fully saturated rings. The number of H-pyrrole nitrogens is 1. The summed E-state index contributed by atoms with van der Waals surface area (Å²) in [6.07, 6.45) is 5.91. The minimum absolute atomic E-state index is 0.0890. The number of carbonyl (C=O) groups is 1. The monoisotopic (exact) mass is 413 g/mol. The van der Waals surface area contributed by atoms with Crippen LogP contribution in [0.15, 0.2) is 69.7 Å². The SMILES string of the molecule is CC1(C)CC(=O)C(C=Nc2ccc(/C=C/c3nc4ccccc4c(=O)[nH]3)cc2)=C(O)C1. The van der Waals surface area contributed by atoms with E-state index < -0.39 is 0 Å². The quantitative estimate of drug-likeness (QED) is 0.589. The van der Waals surface area contributed by atoms with Crippen molar-refractivity contribution in [1.29, 1.82) is 0 Å². The van der Waals surface area contributed by atoms with Crippen LogP contribution in [0, 0.1) is 5.41 Å². The van der Waals surface area contributed by atoms with Crippen molar-refractivity contribution in [3.05, 3.63) is 81.6 Å². The van der Waals surface area contributed by atoms with Gasteiger partial charge in [-0.3, -0.25) is 14.6 Å². The first kappa shape index (κ1) is 20.5. The predicted molar refractivity (Wildman–Crippen MR) is 124 cm³/mol. The number of ketones is 1. The summed E-state index contributed by atoms with van der Waals surface area (Å²) in [6, 6.07) is 14.6. The molecule has 0 spiro atoms. The average Bonchev–Trinajstić information content (AvgIpc) is 2.72. The Kier molecular flexibility index (Phi) is 5.38. The highest BCUT2D eigenvalue weighted by Crippen LogP contribution is 2.35. The Morgan fingerprint density at radius 2 is 1.77 bits per heavy atom. The number of aliphatic hydroxyl groups is 1. The van der Waals surface area contributed by atoms with Gasteiger partial charge in [0.25, 0.3) is 5.56 Å². The smallest absolute Gasteiger partial charge is 0.259 e. The number of aliphatic imine (C=N–C) groups is 1. The fourth-order valence-corrected chi connectivity index (χ4v) is 3.62. The lowest BCUT2D eigenvalue weighted by Crippen LogP contribution is -2.26. The standard InChI is InChI=1S/C25H23N3O3/c1-25(2)13-21(29)19(22(30)14-25)15-26-17-10-7-16(8-11-17)9-12-23-27-20-6-4-3-5-18(20)24(31)28-23/h3-12,15,29H,13-14H2,1-2H3,(H,27,28,31)/b12-9+,26-15?. The van der Waals surface area contributed by atoms with Crippen molar-refractivity contribution in [2.45, 2.75) is 26.7 Å². The lowest BCUT2D eigenvalue weighted by Gasteiger charge is -2.28. The lowest BCUT2D eigenvalue weighted by atomic mass is 9.77. The molecule has 0 unspecified atom stereocenters. The van der Waals surface area contributed by atoms with E-state index >= 15 is 0 Å². The third-order valence-corrected chi connectivity index (χ3v) is 5.20. The number of benzene rings is 2. The van der Waals surface area contributed by atoms with Gasteiger partial charge in [0.2, 0.25) is 0 Å².